The van der Waals surface area contributed by atoms with Crippen LogP contribution in [0.3, 0.4) is 0 Å². The van der Waals surface area contributed by atoms with Gasteiger partial charge in [-0.05, 0) is 71.8 Å². The van der Waals surface area contributed by atoms with Crippen LogP contribution in [0, 0.1) is 23.2 Å². The zero-order valence-corrected chi connectivity index (χ0v) is 17.8. The minimum atomic E-state index is -4.53. The van der Waals surface area contributed by atoms with E-state index in [2.05, 4.69) is 12.7 Å². The summed E-state index contributed by atoms with van der Waals surface area (Å²) < 4.78 is 43.9. The van der Waals surface area contributed by atoms with Gasteiger partial charge in [0.1, 0.15) is 12.5 Å². The molecule has 0 aromatic rings. The highest BCUT2D eigenvalue weighted by Crippen LogP contribution is 2.43. The van der Waals surface area contributed by atoms with Gasteiger partial charge in [-0.15, -0.1) is 0 Å². The van der Waals surface area contributed by atoms with Crippen LogP contribution in [0.5, 0.6) is 0 Å². The van der Waals surface area contributed by atoms with Crippen LogP contribution in [0.4, 0.5) is 13.2 Å². The Bertz CT molecular complexity index is 544. The fourth-order valence-electron chi connectivity index (χ4n) is 4.48. The van der Waals surface area contributed by atoms with E-state index < -0.39 is 42.0 Å². The number of hydrogen-bond donors (Lipinski definition) is 1. The number of likely N-dealkylation sites (tertiary alicyclic amines) is 1. The van der Waals surface area contributed by atoms with E-state index in [1.165, 1.54) is 11.9 Å². The van der Waals surface area contributed by atoms with Crippen LogP contribution >= 0.6 is 0 Å². The number of hydrogen-bond acceptors (Lipinski definition) is 4. The van der Waals surface area contributed by atoms with Crippen LogP contribution in [0.25, 0.3) is 0 Å². The molecular weight excluding hydrogens is 373 g/mol. The number of ether oxygens (including phenoxy) is 1. The van der Waals surface area contributed by atoms with Crippen molar-refractivity contribution in [2.45, 2.75) is 78.6 Å². The van der Waals surface area contributed by atoms with Gasteiger partial charge in [0.05, 0.1) is 11.5 Å². The standard InChI is InChI=1S/C19H30F3NO3.CH5N/c1-11-6-13-8-14(7-11)16(12(2)26-17(25)18(3,4)5)23(10-13)15(24)9-19(20,21)22;1-2/h11-14,16H,6-10H2,1-5H3;2H2,1H3/t11-,12+,13?,14-,16?;/m1./s1. The van der Waals surface area contributed by atoms with Crippen molar-refractivity contribution in [3.05, 3.63) is 0 Å². The summed E-state index contributed by atoms with van der Waals surface area (Å²) in [4.78, 5) is 26.0. The Morgan fingerprint density at radius 1 is 1.14 bits per heavy atom. The maximum Gasteiger partial charge on any atom is 0.397 e. The summed E-state index contributed by atoms with van der Waals surface area (Å²) in [6.45, 7) is 9.34. The first kappa shape index (κ1) is 24.7. The predicted molar refractivity (Wildman–Crippen MR) is 101 cm³/mol. The summed E-state index contributed by atoms with van der Waals surface area (Å²) in [5.74, 6) is -0.559. The fourth-order valence-corrected chi connectivity index (χ4v) is 4.48. The summed E-state index contributed by atoms with van der Waals surface area (Å²) in [7, 11) is 1.50. The average molecular weight is 409 g/mol. The normalized spacial score (nSPS) is 28.7. The SMILES string of the molecule is CN.C[C@@H]1CC2C[C@@H](C1)C([C@H](C)OC(=O)C(C)(C)C)N(C(=O)CC(F)(F)F)C2. The number of fused-ring (bicyclic) bond motifs is 2. The number of carbonyl (C=O) groups excluding carboxylic acids is 2. The third-order valence-corrected chi connectivity index (χ3v) is 5.43. The van der Waals surface area contributed by atoms with Gasteiger partial charge in [0.2, 0.25) is 5.91 Å². The molecule has 5 atom stereocenters. The van der Waals surface area contributed by atoms with E-state index in [1.807, 2.05) is 0 Å². The maximum atomic E-state index is 12.8. The van der Waals surface area contributed by atoms with Crippen LogP contribution in [0.1, 0.15) is 60.3 Å². The van der Waals surface area contributed by atoms with E-state index in [9.17, 15) is 22.8 Å². The molecule has 0 aromatic carbocycles. The predicted octanol–water partition coefficient (Wildman–Crippen LogP) is 3.75. The molecule has 164 valence electrons. The second kappa shape index (κ2) is 9.46. The number of esters is 1. The van der Waals surface area contributed by atoms with E-state index in [0.717, 1.165) is 19.3 Å². The van der Waals surface area contributed by atoms with Crippen molar-refractivity contribution in [1.29, 1.82) is 0 Å². The van der Waals surface area contributed by atoms with Crippen molar-refractivity contribution in [3.8, 4) is 0 Å². The molecule has 2 aliphatic rings. The highest BCUT2D eigenvalue weighted by molar-refractivity contribution is 5.78. The molecule has 8 heteroatoms. The number of rotatable bonds is 3. The smallest absolute Gasteiger partial charge is 0.397 e. The van der Waals surface area contributed by atoms with Gasteiger partial charge in [-0.25, -0.2) is 0 Å². The highest BCUT2D eigenvalue weighted by Gasteiger charge is 2.47. The van der Waals surface area contributed by atoms with E-state index in [1.54, 1.807) is 27.7 Å². The first-order valence-corrected chi connectivity index (χ1v) is 9.93. The molecule has 2 rings (SSSR count). The topological polar surface area (TPSA) is 72.6 Å². The molecule has 0 aromatic heterocycles. The Morgan fingerprint density at radius 2 is 1.71 bits per heavy atom. The quantitative estimate of drug-likeness (QED) is 0.722. The second-order valence-corrected chi connectivity index (χ2v) is 9.13. The van der Waals surface area contributed by atoms with E-state index in [-0.39, 0.29) is 11.8 Å². The van der Waals surface area contributed by atoms with Gasteiger partial charge < -0.3 is 15.4 Å². The van der Waals surface area contributed by atoms with E-state index in [0.29, 0.717) is 12.5 Å². The Morgan fingerprint density at radius 3 is 2.21 bits per heavy atom. The van der Waals surface area contributed by atoms with Gasteiger partial charge in [0.25, 0.3) is 0 Å². The van der Waals surface area contributed by atoms with Gasteiger partial charge >= 0.3 is 12.1 Å². The Balaban J connectivity index is 0.00000190. The van der Waals surface area contributed by atoms with Gasteiger partial charge in [0, 0.05) is 6.54 Å². The molecule has 2 fully saturated rings. The summed E-state index contributed by atoms with van der Waals surface area (Å²) >= 11 is 0. The molecular formula is C20H35F3N2O3. The molecule has 2 unspecified atom stereocenters. The third kappa shape index (κ3) is 6.64. The van der Waals surface area contributed by atoms with Gasteiger partial charge in [0.15, 0.2) is 0 Å². The van der Waals surface area contributed by atoms with Gasteiger partial charge in [-0.3, -0.25) is 9.59 Å². The number of piperidine rings is 1. The number of nitrogens with zero attached hydrogens (tertiary/aromatic N) is 1. The van der Waals surface area contributed by atoms with Crippen molar-refractivity contribution in [2.24, 2.45) is 28.9 Å². The van der Waals surface area contributed by atoms with Crippen molar-refractivity contribution >= 4 is 11.9 Å². The number of alkyl halides is 3. The molecule has 1 aliphatic carbocycles. The molecule has 0 radical (unpaired) electrons. The highest BCUT2D eigenvalue weighted by atomic mass is 19.4. The molecule has 2 bridgehead atoms. The summed E-state index contributed by atoms with van der Waals surface area (Å²) in [5, 5.41) is 0. The molecule has 1 aliphatic heterocycles. The molecule has 1 saturated heterocycles. The van der Waals surface area contributed by atoms with Crippen LogP contribution < -0.4 is 5.73 Å². The minimum Gasteiger partial charge on any atom is -0.460 e. The lowest BCUT2D eigenvalue weighted by Gasteiger charge is -2.51. The van der Waals surface area contributed by atoms with E-state index >= 15 is 0 Å². The number of carbonyl (C=O) groups is 2. The zero-order valence-electron chi connectivity index (χ0n) is 17.8. The Hall–Kier alpha value is -1.31. The molecule has 5 nitrogen and oxygen atoms in total. The molecule has 1 saturated carbocycles. The monoisotopic (exact) mass is 408 g/mol. The molecule has 2 N–H and O–H groups in total. The summed E-state index contributed by atoms with van der Waals surface area (Å²) in [5.41, 5.74) is 3.80. The third-order valence-electron chi connectivity index (χ3n) is 5.43. The van der Waals surface area contributed by atoms with E-state index in [4.69, 9.17) is 4.74 Å². The molecule has 1 amide bonds. The van der Waals surface area contributed by atoms with Crippen LogP contribution in [-0.4, -0.2) is 48.7 Å². The van der Waals surface area contributed by atoms with Crippen molar-refractivity contribution < 1.29 is 27.5 Å². The molecule has 0 spiro atoms. The first-order valence-electron chi connectivity index (χ1n) is 9.93. The Labute approximate surface area is 166 Å². The molecule has 28 heavy (non-hydrogen) atoms. The van der Waals surface area contributed by atoms with Crippen molar-refractivity contribution in [3.63, 3.8) is 0 Å². The van der Waals surface area contributed by atoms with Crippen LogP contribution in [0.2, 0.25) is 0 Å². The first-order chi connectivity index (χ1) is 12.8. The largest absolute Gasteiger partial charge is 0.460 e. The summed E-state index contributed by atoms with van der Waals surface area (Å²) in [6.07, 6.45) is -3.98. The lowest BCUT2D eigenvalue weighted by Crippen LogP contribution is -2.59. The van der Waals surface area contributed by atoms with Gasteiger partial charge in [-0.1, -0.05) is 6.92 Å². The Kier molecular flexibility index (Phi) is 8.35. The van der Waals surface area contributed by atoms with Crippen LogP contribution in [-0.2, 0) is 14.3 Å². The number of halogens is 3. The fraction of sp³-hybridized carbons (Fsp3) is 0.900. The van der Waals surface area contributed by atoms with Crippen molar-refractivity contribution in [1.82, 2.24) is 4.90 Å². The van der Waals surface area contributed by atoms with Crippen molar-refractivity contribution in [2.75, 3.05) is 13.6 Å². The zero-order chi connectivity index (χ0) is 21.9. The number of amides is 1. The number of nitrogens with two attached hydrogens (primary N) is 1. The lowest BCUT2D eigenvalue weighted by atomic mass is 9.68. The van der Waals surface area contributed by atoms with Gasteiger partial charge in [-0.2, -0.15) is 13.2 Å². The second-order valence-electron chi connectivity index (χ2n) is 9.13. The summed E-state index contributed by atoms with van der Waals surface area (Å²) in [6, 6.07) is -0.491. The minimum absolute atomic E-state index is 0.0671. The van der Waals surface area contributed by atoms with Crippen LogP contribution in [0.15, 0.2) is 0 Å². The lowest BCUT2D eigenvalue weighted by molar-refractivity contribution is -0.178. The molecule has 1 heterocycles. The maximum absolute atomic E-state index is 12.8. The average Bonchev–Trinajstić information content (AvgIpc) is 2.52.